The highest BCUT2D eigenvalue weighted by Gasteiger charge is 1.94. The van der Waals surface area contributed by atoms with Crippen LogP contribution in [0.15, 0.2) is 22.8 Å². The Kier molecular flexibility index (Phi) is 3.06. The smallest absolute Gasteiger partial charge is 0.240 e. The predicted molar refractivity (Wildman–Crippen MR) is 48.8 cm³/mol. The molecule has 56 valence electrons. The Bertz CT molecular complexity index is 281. The van der Waals surface area contributed by atoms with Gasteiger partial charge >= 0.3 is 6.07 Å². The van der Waals surface area contributed by atoms with Gasteiger partial charge in [-0.2, -0.15) is 0 Å². The zero-order valence-electron chi connectivity index (χ0n) is 6.21. The Morgan fingerprint density at radius 1 is 1.64 bits per heavy atom. The first-order valence-electron chi connectivity index (χ1n) is 3.37. The molecule has 0 aliphatic rings. The Morgan fingerprint density at radius 3 is 3.00 bits per heavy atom. The molecule has 0 aliphatic carbocycles. The molecule has 0 amide bonds. The topological polar surface area (TPSA) is 17.2 Å². The van der Waals surface area contributed by atoms with E-state index < -0.39 is 0 Å². The van der Waals surface area contributed by atoms with Gasteiger partial charge in [0.15, 0.2) is 5.69 Å². The number of hydrogen-bond donors (Lipinski definition) is 0. The lowest BCUT2D eigenvalue weighted by Crippen LogP contribution is -1.79. The van der Waals surface area contributed by atoms with E-state index >= 15 is 0 Å². The van der Waals surface area contributed by atoms with Crippen LogP contribution in [0.3, 0.4) is 0 Å². The van der Waals surface area contributed by atoms with Gasteiger partial charge in [-0.1, -0.05) is 4.85 Å². The number of pyridine rings is 1. The molecule has 0 saturated heterocycles. The van der Waals surface area contributed by atoms with Crippen molar-refractivity contribution in [2.45, 2.75) is 6.92 Å². The average molecular weight is 212 g/mol. The second-order valence-electron chi connectivity index (χ2n) is 1.95. The third-order valence-corrected chi connectivity index (χ3v) is 1.55. The van der Waals surface area contributed by atoms with Crippen molar-refractivity contribution in [3.8, 4) is 6.07 Å². The van der Waals surface area contributed by atoms with Crippen LogP contribution in [0.5, 0.6) is 0 Å². The Morgan fingerprint density at radius 2 is 2.45 bits per heavy atom. The number of nitrogens with zero attached hydrogens (tertiary/aromatic N) is 2. The van der Waals surface area contributed by atoms with E-state index in [1.54, 1.807) is 6.20 Å². The summed E-state index contributed by atoms with van der Waals surface area (Å²) in [6, 6.07) is 6.60. The van der Waals surface area contributed by atoms with Gasteiger partial charge in [0, 0.05) is 17.6 Å². The minimum atomic E-state index is 0.748. The molecule has 1 aromatic heterocycles. The summed E-state index contributed by atoms with van der Waals surface area (Å²) in [4.78, 5) is 8.01. The molecule has 2 nitrogen and oxygen atoms in total. The number of halogens is 1. The first-order chi connectivity index (χ1) is 5.33. The van der Waals surface area contributed by atoms with Crippen LogP contribution in [0.4, 0.5) is 0 Å². The van der Waals surface area contributed by atoms with Gasteiger partial charge in [0.05, 0.1) is 0 Å². The van der Waals surface area contributed by atoms with Crippen LogP contribution in [0.1, 0.15) is 12.6 Å². The van der Waals surface area contributed by atoms with E-state index in [9.17, 15) is 0 Å². The van der Waals surface area contributed by atoms with E-state index in [2.05, 4.69) is 31.8 Å². The van der Waals surface area contributed by atoms with Crippen LogP contribution in [0.2, 0.25) is 0 Å². The quantitative estimate of drug-likeness (QED) is 0.645. The van der Waals surface area contributed by atoms with Crippen molar-refractivity contribution >= 4 is 15.9 Å². The van der Waals surface area contributed by atoms with Gasteiger partial charge in [-0.25, -0.2) is 4.98 Å². The predicted octanol–water partition coefficient (Wildman–Crippen LogP) is 2.55. The highest BCUT2D eigenvalue weighted by Crippen LogP contribution is 2.06. The summed E-state index contributed by atoms with van der Waals surface area (Å²) in [6.45, 7) is 2.71. The zero-order valence-corrected chi connectivity index (χ0v) is 7.80. The number of rotatable bonds is 0. The van der Waals surface area contributed by atoms with Crippen molar-refractivity contribution in [2.24, 2.45) is 0 Å². The zero-order chi connectivity index (χ0) is 8.10. The summed E-state index contributed by atoms with van der Waals surface area (Å²) in [7, 11) is 0. The van der Waals surface area contributed by atoms with E-state index in [1.165, 1.54) is 0 Å². The highest BCUT2D eigenvalue weighted by molar-refractivity contribution is 9.10. The van der Waals surface area contributed by atoms with Crippen molar-refractivity contribution in [1.29, 1.82) is 0 Å². The lowest BCUT2D eigenvalue weighted by molar-refractivity contribution is 1.26. The molecular weight excluding hydrogens is 204 g/mol. The molecule has 1 rings (SSSR count). The molecule has 0 unspecified atom stereocenters. The molecule has 0 fully saturated rings. The maximum absolute atomic E-state index is 4.06. The van der Waals surface area contributed by atoms with E-state index in [0.717, 1.165) is 16.7 Å². The van der Waals surface area contributed by atoms with Crippen LogP contribution in [0.25, 0.3) is 4.85 Å². The SMILES string of the molecule is CC[N+]#Cc1ccc(Br)cn1. The largest absolute Gasteiger partial charge is 0.331 e. The Balaban J connectivity index is 2.82. The van der Waals surface area contributed by atoms with Crippen molar-refractivity contribution in [1.82, 2.24) is 4.98 Å². The summed E-state index contributed by atoms with van der Waals surface area (Å²) in [5.41, 5.74) is 0.773. The van der Waals surface area contributed by atoms with Crippen molar-refractivity contribution in [2.75, 3.05) is 6.54 Å². The van der Waals surface area contributed by atoms with Gasteiger partial charge in [-0.05, 0) is 28.1 Å². The standard InChI is InChI=1S/C8H8BrN2/c1-2-10-6-8-4-3-7(9)5-11-8/h3-5H,2H2,1H3/q+1. The molecule has 0 saturated carbocycles. The highest BCUT2D eigenvalue weighted by atomic mass is 79.9. The minimum absolute atomic E-state index is 0.748. The van der Waals surface area contributed by atoms with Crippen LogP contribution >= 0.6 is 15.9 Å². The molecule has 0 N–H and O–H groups in total. The molecular formula is C8H8BrN2+. The fourth-order valence-corrected chi connectivity index (χ4v) is 0.837. The van der Waals surface area contributed by atoms with Crippen LogP contribution < -0.4 is 0 Å². The monoisotopic (exact) mass is 211 g/mol. The van der Waals surface area contributed by atoms with Gasteiger partial charge in [0.2, 0.25) is 0 Å². The molecule has 0 aliphatic heterocycles. The van der Waals surface area contributed by atoms with Crippen LogP contribution in [0, 0.1) is 6.07 Å². The fourth-order valence-electron chi connectivity index (χ4n) is 0.602. The molecule has 1 heterocycles. The first kappa shape index (κ1) is 8.22. The lowest BCUT2D eigenvalue weighted by atomic mass is 10.4. The summed E-state index contributed by atoms with van der Waals surface area (Å²) in [5.74, 6) is 0. The van der Waals surface area contributed by atoms with Crippen LogP contribution in [-0.4, -0.2) is 11.5 Å². The van der Waals surface area contributed by atoms with Crippen molar-refractivity contribution in [3.05, 3.63) is 33.3 Å². The minimum Gasteiger partial charge on any atom is -0.240 e. The van der Waals surface area contributed by atoms with E-state index in [4.69, 9.17) is 0 Å². The van der Waals surface area contributed by atoms with E-state index in [1.807, 2.05) is 19.1 Å². The summed E-state index contributed by atoms with van der Waals surface area (Å²) in [6.07, 6.45) is 1.73. The molecule has 0 bridgehead atoms. The molecule has 3 heteroatoms. The van der Waals surface area contributed by atoms with E-state index in [0.29, 0.717) is 0 Å². The maximum Gasteiger partial charge on any atom is 0.331 e. The summed E-state index contributed by atoms with van der Waals surface area (Å²) >= 11 is 3.29. The summed E-state index contributed by atoms with van der Waals surface area (Å²) < 4.78 is 0.972. The van der Waals surface area contributed by atoms with Gasteiger partial charge < -0.3 is 0 Å². The molecule has 0 radical (unpaired) electrons. The Hall–Kier alpha value is -0.880. The number of aromatic nitrogens is 1. The van der Waals surface area contributed by atoms with Gasteiger partial charge in [-0.3, -0.25) is 0 Å². The fraction of sp³-hybridized carbons (Fsp3) is 0.250. The van der Waals surface area contributed by atoms with Gasteiger partial charge in [0.1, 0.15) is 0 Å². The maximum atomic E-state index is 4.06. The van der Waals surface area contributed by atoms with E-state index in [-0.39, 0.29) is 0 Å². The first-order valence-corrected chi connectivity index (χ1v) is 4.16. The lowest BCUT2D eigenvalue weighted by Gasteiger charge is -1.84. The summed E-state index contributed by atoms with van der Waals surface area (Å²) in [5, 5.41) is 0. The second kappa shape index (κ2) is 4.09. The third-order valence-electron chi connectivity index (χ3n) is 1.08. The van der Waals surface area contributed by atoms with Gasteiger partial charge in [0.25, 0.3) is 6.54 Å². The normalized spacial score (nSPS) is 8.55. The number of hydrogen-bond acceptors (Lipinski definition) is 1. The van der Waals surface area contributed by atoms with Crippen LogP contribution in [-0.2, 0) is 0 Å². The van der Waals surface area contributed by atoms with Crippen molar-refractivity contribution in [3.63, 3.8) is 0 Å². The molecule has 1 aromatic rings. The molecule has 11 heavy (non-hydrogen) atoms. The Labute approximate surface area is 74.2 Å². The second-order valence-corrected chi connectivity index (χ2v) is 2.86. The molecule has 0 spiro atoms. The molecule has 0 atom stereocenters. The average Bonchev–Trinajstić information content (AvgIpc) is 2.04. The molecule has 0 aromatic carbocycles. The van der Waals surface area contributed by atoms with Gasteiger partial charge in [-0.15, -0.1) is 0 Å². The van der Waals surface area contributed by atoms with Crippen molar-refractivity contribution < 1.29 is 0 Å². The third kappa shape index (κ3) is 2.69.